The second-order valence-electron chi connectivity index (χ2n) is 3.85. The quantitative estimate of drug-likeness (QED) is 0.624. The third-order valence-electron chi connectivity index (χ3n) is 2.45. The lowest BCUT2D eigenvalue weighted by Crippen LogP contribution is -2.03. The average Bonchev–Trinajstić information content (AvgIpc) is 2.61. The van der Waals surface area contributed by atoms with Gasteiger partial charge < -0.3 is 0 Å². The monoisotopic (exact) mass is 285 g/mol. The maximum Gasteiger partial charge on any atom is 0.296 e. The van der Waals surface area contributed by atoms with Gasteiger partial charge >= 0.3 is 0 Å². The van der Waals surface area contributed by atoms with E-state index >= 15 is 0 Å². The minimum absolute atomic E-state index is 0.129. The Hall–Kier alpha value is -1.59. The maximum absolute atomic E-state index is 11.0. The first kappa shape index (κ1) is 12.9. The highest BCUT2D eigenvalue weighted by Crippen LogP contribution is 2.33. The second kappa shape index (κ2) is 4.59. The normalized spacial score (nSPS) is 10.7. The molecule has 0 aliphatic carbocycles. The molecular weight excluding hydrogens is 277 g/mol. The van der Waals surface area contributed by atoms with Crippen molar-refractivity contribution in [2.24, 2.45) is 0 Å². The molecule has 0 saturated carbocycles. The topological polar surface area (TPSA) is 61.0 Å². The molecule has 0 fully saturated rings. The molecule has 18 heavy (non-hydrogen) atoms. The zero-order valence-electron chi connectivity index (χ0n) is 9.65. The van der Waals surface area contributed by atoms with Gasteiger partial charge in [0.05, 0.1) is 20.7 Å². The molecule has 7 heteroatoms. The van der Waals surface area contributed by atoms with Crippen molar-refractivity contribution in [1.29, 1.82) is 0 Å². The minimum atomic E-state index is -0.506. The summed E-state index contributed by atoms with van der Waals surface area (Å²) in [5, 5.41) is 15.6. The van der Waals surface area contributed by atoms with Crippen LogP contribution in [0.25, 0.3) is 5.69 Å². The van der Waals surface area contributed by atoms with E-state index in [4.69, 9.17) is 23.2 Å². The van der Waals surface area contributed by atoms with Gasteiger partial charge in [-0.15, -0.1) is 0 Å². The number of halogens is 2. The van der Waals surface area contributed by atoms with Crippen LogP contribution >= 0.6 is 23.2 Å². The van der Waals surface area contributed by atoms with E-state index in [0.29, 0.717) is 5.69 Å². The van der Waals surface area contributed by atoms with Gasteiger partial charge in [0.25, 0.3) is 5.69 Å². The number of nitro benzene ring substituents is 1. The standard InChI is InChI=1S/C11H9Cl2N3O2/c1-6-3-7(2)15(14-6)10-4-8(12)9(13)5-11(10)16(17)18/h3-5H,1-2H3. The number of hydrogen-bond acceptors (Lipinski definition) is 3. The zero-order valence-corrected chi connectivity index (χ0v) is 11.2. The van der Waals surface area contributed by atoms with Gasteiger partial charge in [-0.25, -0.2) is 4.68 Å². The van der Waals surface area contributed by atoms with Gasteiger partial charge in [-0.1, -0.05) is 23.2 Å². The van der Waals surface area contributed by atoms with Crippen molar-refractivity contribution in [3.05, 3.63) is 49.7 Å². The lowest BCUT2D eigenvalue weighted by molar-refractivity contribution is -0.384. The number of aryl methyl sites for hydroxylation is 2. The minimum Gasteiger partial charge on any atom is -0.258 e. The molecular formula is C11H9Cl2N3O2. The molecule has 0 saturated heterocycles. The van der Waals surface area contributed by atoms with Gasteiger partial charge in [0, 0.05) is 11.8 Å². The molecule has 0 unspecified atom stereocenters. The molecule has 0 amide bonds. The third kappa shape index (κ3) is 2.19. The molecule has 0 aliphatic rings. The molecule has 0 N–H and O–H groups in total. The highest BCUT2D eigenvalue weighted by molar-refractivity contribution is 6.42. The summed E-state index contributed by atoms with van der Waals surface area (Å²) in [5.41, 5.74) is 1.73. The van der Waals surface area contributed by atoms with Crippen molar-refractivity contribution in [2.45, 2.75) is 13.8 Å². The third-order valence-corrected chi connectivity index (χ3v) is 3.17. The molecule has 2 aromatic rings. The highest BCUT2D eigenvalue weighted by Gasteiger charge is 2.20. The van der Waals surface area contributed by atoms with Crippen LogP contribution < -0.4 is 0 Å². The van der Waals surface area contributed by atoms with Crippen molar-refractivity contribution in [3.63, 3.8) is 0 Å². The molecule has 0 atom stereocenters. The van der Waals surface area contributed by atoms with E-state index in [9.17, 15) is 10.1 Å². The Kier molecular flexibility index (Phi) is 3.28. The summed E-state index contributed by atoms with van der Waals surface area (Å²) >= 11 is 11.7. The van der Waals surface area contributed by atoms with E-state index < -0.39 is 4.92 Å². The predicted octanol–water partition coefficient (Wildman–Crippen LogP) is 3.70. The van der Waals surface area contributed by atoms with Crippen molar-refractivity contribution in [3.8, 4) is 5.69 Å². The molecule has 94 valence electrons. The Balaban J connectivity index is 2.73. The van der Waals surface area contributed by atoms with E-state index in [0.717, 1.165) is 11.4 Å². The van der Waals surface area contributed by atoms with Crippen LogP contribution in [0.2, 0.25) is 10.0 Å². The van der Waals surface area contributed by atoms with Gasteiger partial charge in [0.2, 0.25) is 0 Å². The van der Waals surface area contributed by atoms with Crippen molar-refractivity contribution >= 4 is 28.9 Å². The Labute approximate surface area is 113 Å². The molecule has 5 nitrogen and oxygen atoms in total. The van der Waals surface area contributed by atoms with Crippen LogP contribution in [-0.2, 0) is 0 Å². The molecule has 1 heterocycles. The van der Waals surface area contributed by atoms with Crippen molar-refractivity contribution < 1.29 is 4.92 Å². The second-order valence-corrected chi connectivity index (χ2v) is 4.67. The number of rotatable bonds is 2. The highest BCUT2D eigenvalue weighted by atomic mass is 35.5. The van der Waals surface area contributed by atoms with Crippen LogP contribution in [0.5, 0.6) is 0 Å². The summed E-state index contributed by atoms with van der Waals surface area (Å²) in [6.07, 6.45) is 0. The first-order valence-corrected chi connectivity index (χ1v) is 5.83. The zero-order chi connectivity index (χ0) is 13.4. The SMILES string of the molecule is Cc1cc(C)n(-c2cc(Cl)c(Cl)cc2[N+](=O)[O-])n1. The van der Waals surface area contributed by atoms with Gasteiger partial charge in [0.1, 0.15) is 5.69 Å². The van der Waals surface area contributed by atoms with Crippen LogP contribution in [0.4, 0.5) is 5.69 Å². The van der Waals surface area contributed by atoms with E-state index in [1.54, 1.807) is 0 Å². The molecule has 0 radical (unpaired) electrons. The summed E-state index contributed by atoms with van der Waals surface area (Å²) in [6, 6.07) is 4.50. The maximum atomic E-state index is 11.0. The van der Waals surface area contributed by atoms with Crippen molar-refractivity contribution in [2.75, 3.05) is 0 Å². The van der Waals surface area contributed by atoms with Gasteiger partial charge in [-0.3, -0.25) is 10.1 Å². The molecule has 2 rings (SSSR count). The average molecular weight is 286 g/mol. The first-order chi connectivity index (χ1) is 8.40. The molecule has 0 bridgehead atoms. The molecule has 0 spiro atoms. The fourth-order valence-corrected chi connectivity index (χ4v) is 2.03. The summed E-state index contributed by atoms with van der Waals surface area (Å²) in [7, 11) is 0. The van der Waals surface area contributed by atoms with Crippen LogP contribution in [0.15, 0.2) is 18.2 Å². The van der Waals surface area contributed by atoms with Gasteiger partial charge in [-0.2, -0.15) is 5.10 Å². The summed E-state index contributed by atoms with van der Waals surface area (Å²) in [5.74, 6) is 0. The fourth-order valence-electron chi connectivity index (χ4n) is 1.71. The van der Waals surface area contributed by atoms with E-state index in [1.165, 1.54) is 16.8 Å². The number of nitrogens with zero attached hydrogens (tertiary/aromatic N) is 3. The number of aromatic nitrogens is 2. The number of benzene rings is 1. The van der Waals surface area contributed by atoms with Gasteiger partial charge in [0.15, 0.2) is 0 Å². The van der Waals surface area contributed by atoms with Gasteiger partial charge in [-0.05, 0) is 26.0 Å². The smallest absolute Gasteiger partial charge is 0.258 e. The van der Waals surface area contributed by atoms with E-state index in [1.807, 2.05) is 19.9 Å². The molecule has 1 aromatic carbocycles. The lowest BCUT2D eigenvalue weighted by atomic mass is 10.2. The fraction of sp³-hybridized carbons (Fsp3) is 0.182. The Morgan fingerprint density at radius 3 is 2.33 bits per heavy atom. The Bertz CT molecular complexity index is 637. The lowest BCUT2D eigenvalue weighted by Gasteiger charge is -2.07. The van der Waals surface area contributed by atoms with Crippen molar-refractivity contribution in [1.82, 2.24) is 9.78 Å². The predicted molar refractivity (Wildman–Crippen MR) is 69.7 cm³/mol. The van der Waals surface area contributed by atoms with Crippen LogP contribution in [-0.4, -0.2) is 14.7 Å². The first-order valence-electron chi connectivity index (χ1n) is 5.07. The van der Waals surface area contributed by atoms with Crippen LogP contribution in [0.1, 0.15) is 11.4 Å². The summed E-state index contributed by atoms with van der Waals surface area (Å²) < 4.78 is 1.48. The Morgan fingerprint density at radius 1 is 1.22 bits per heavy atom. The van der Waals surface area contributed by atoms with E-state index in [2.05, 4.69) is 5.10 Å². The largest absolute Gasteiger partial charge is 0.296 e. The van der Waals surface area contributed by atoms with Crippen LogP contribution in [0, 0.1) is 24.0 Å². The molecule has 1 aromatic heterocycles. The Morgan fingerprint density at radius 2 is 1.83 bits per heavy atom. The summed E-state index contributed by atoms with van der Waals surface area (Å²) in [4.78, 5) is 10.5. The number of nitro groups is 1. The number of hydrogen-bond donors (Lipinski definition) is 0. The van der Waals surface area contributed by atoms with Crippen LogP contribution in [0.3, 0.4) is 0 Å². The summed E-state index contributed by atoms with van der Waals surface area (Å²) in [6.45, 7) is 3.62. The van der Waals surface area contributed by atoms with E-state index in [-0.39, 0.29) is 15.7 Å². The molecule has 0 aliphatic heterocycles.